The molecular weight excluding hydrogens is 250 g/mol. The summed E-state index contributed by atoms with van der Waals surface area (Å²) in [4.78, 5) is -0.0162. The van der Waals surface area contributed by atoms with Crippen LogP contribution >= 0.6 is 0 Å². The lowest BCUT2D eigenvalue weighted by atomic mass is 9.82. The number of aryl methyl sites for hydroxylation is 1. The lowest BCUT2D eigenvalue weighted by Crippen LogP contribution is -2.14. The minimum atomic E-state index is -4.20. The number of hydrogen-bond acceptors (Lipinski definition) is 3. The molecule has 3 N–H and O–H groups in total. The third-order valence-corrected chi connectivity index (χ3v) is 4.67. The zero-order valence-electron chi connectivity index (χ0n) is 10.5. The van der Waals surface area contributed by atoms with Gasteiger partial charge in [0.05, 0.1) is 4.90 Å². The Hall–Kier alpha value is -1.07. The van der Waals surface area contributed by atoms with Gasteiger partial charge in [0.2, 0.25) is 0 Å². The van der Waals surface area contributed by atoms with E-state index < -0.39 is 10.1 Å². The molecule has 4 nitrogen and oxygen atoms in total. The molecule has 0 aromatic heterocycles. The maximum atomic E-state index is 11.5. The largest absolute Gasteiger partial charge is 0.398 e. The van der Waals surface area contributed by atoms with Crippen LogP contribution in [0.15, 0.2) is 17.0 Å². The Kier molecular flexibility index (Phi) is 3.64. The van der Waals surface area contributed by atoms with Crippen molar-refractivity contribution < 1.29 is 13.0 Å². The van der Waals surface area contributed by atoms with E-state index in [2.05, 4.69) is 0 Å². The minimum Gasteiger partial charge on any atom is -0.398 e. The van der Waals surface area contributed by atoms with E-state index in [1.54, 1.807) is 6.07 Å². The molecule has 1 aliphatic carbocycles. The molecule has 0 heterocycles. The van der Waals surface area contributed by atoms with Crippen LogP contribution in [0, 0.1) is 6.92 Å². The first kappa shape index (κ1) is 13.4. The summed E-state index contributed by atoms with van der Waals surface area (Å²) in [5.41, 5.74) is 8.03. The van der Waals surface area contributed by atoms with Crippen molar-refractivity contribution in [2.45, 2.75) is 49.8 Å². The first-order valence-corrected chi connectivity index (χ1v) is 7.71. The standard InChI is InChI=1S/C13H19NO3S/c1-9-7-8-11(18(15,16)17)12(13(9)14)10-5-3-2-4-6-10/h7-8,10H,2-6,14H2,1H3,(H,15,16,17). The third-order valence-electron chi connectivity index (χ3n) is 3.76. The molecule has 0 saturated heterocycles. The first-order valence-electron chi connectivity index (χ1n) is 6.27. The van der Waals surface area contributed by atoms with Gasteiger partial charge < -0.3 is 5.73 Å². The molecule has 1 fully saturated rings. The quantitative estimate of drug-likeness (QED) is 0.639. The predicted molar refractivity (Wildman–Crippen MR) is 71.2 cm³/mol. The van der Waals surface area contributed by atoms with E-state index in [1.807, 2.05) is 6.92 Å². The second-order valence-electron chi connectivity index (χ2n) is 5.02. The summed E-state index contributed by atoms with van der Waals surface area (Å²) < 4.78 is 32.3. The molecule has 1 aromatic rings. The predicted octanol–water partition coefficient (Wildman–Crippen LogP) is 2.87. The summed E-state index contributed by atoms with van der Waals surface area (Å²) in [6.45, 7) is 1.86. The van der Waals surface area contributed by atoms with Crippen LogP contribution < -0.4 is 5.73 Å². The number of benzene rings is 1. The van der Waals surface area contributed by atoms with Gasteiger partial charge in [-0.2, -0.15) is 8.42 Å². The Bertz CT molecular complexity index is 546. The summed E-state index contributed by atoms with van der Waals surface area (Å²) in [5, 5.41) is 0. The highest BCUT2D eigenvalue weighted by molar-refractivity contribution is 7.85. The average Bonchev–Trinajstić information content (AvgIpc) is 2.32. The molecule has 5 heteroatoms. The fourth-order valence-electron chi connectivity index (χ4n) is 2.76. The lowest BCUT2D eigenvalue weighted by Gasteiger charge is -2.25. The van der Waals surface area contributed by atoms with Gasteiger partial charge in [-0.05, 0) is 42.9 Å². The molecule has 100 valence electrons. The average molecular weight is 269 g/mol. The minimum absolute atomic E-state index is 0.0162. The molecule has 0 amide bonds. The van der Waals surface area contributed by atoms with E-state index >= 15 is 0 Å². The number of nitrogen functional groups attached to an aromatic ring is 1. The third kappa shape index (κ3) is 2.52. The van der Waals surface area contributed by atoms with Crippen molar-refractivity contribution in [1.29, 1.82) is 0 Å². The van der Waals surface area contributed by atoms with Gasteiger partial charge in [-0.25, -0.2) is 0 Å². The zero-order valence-corrected chi connectivity index (χ0v) is 11.3. The van der Waals surface area contributed by atoms with E-state index in [-0.39, 0.29) is 10.8 Å². The molecule has 0 spiro atoms. The summed E-state index contributed by atoms with van der Waals surface area (Å²) in [7, 11) is -4.20. The smallest absolute Gasteiger partial charge is 0.294 e. The van der Waals surface area contributed by atoms with E-state index in [1.165, 1.54) is 12.5 Å². The van der Waals surface area contributed by atoms with Gasteiger partial charge in [-0.1, -0.05) is 25.3 Å². The summed E-state index contributed by atoms with van der Waals surface area (Å²) in [5.74, 6) is 0.149. The fourth-order valence-corrected chi connectivity index (χ4v) is 3.56. The number of anilines is 1. The van der Waals surface area contributed by atoms with Gasteiger partial charge >= 0.3 is 0 Å². The molecule has 18 heavy (non-hydrogen) atoms. The van der Waals surface area contributed by atoms with Crippen molar-refractivity contribution in [3.8, 4) is 0 Å². The normalized spacial score (nSPS) is 17.9. The van der Waals surface area contributed by atoms with Crippen molar-refractivity contribution in [2.75, 3.05) is 5.73 Å². The summed E-state index contributed by atoms with van der Waals surface area (Å²) in [6.07, 6.45) is 5.24. The molecule has 0 bridgehead atoms. The van der Waals surface area contributed by atoms with Crippen molar-refractivity contribution in [1.82, 2.24) is 0 Å². The Labute approximate surface area is 108 Å². The van der Waals surface area contributed by atoms with Crippen molar-refractivity contribution >= 4 is 15.8 Å². The monoisotopic (exact) mass is 269 g/mol. The number of hydrogen-bond donors (Lipinski definition) is 2. The van der Waals surface area contributed by atoms with E-state index in [4.69, 9.17) is 5.73 Å². The highest BCUT2D eigenvalue weighted by Crippen LogP contribution is 2.40. The Morgan fingerprint density at radius 2 is 1.83 bits per heavy atom. The highest BCUT2D eigenvalue weighted by Gasteiger charge is 2.26. The molecule has 1 aromatic carbocycles. The maximum absolute atomic E-state index is 11.5. The van der Waals surface area contributed by atoms with Crippen LogP contribution in [0.2, 0.25) is 0 Å². The summed E-state index contributed by atoms with van der Waals surface area (Å²) in [6, 6.07) is 3.11. The molecular formula is C13H19NO3S. The van der Waals surface area contributed by atoms with E-state index in [0.717, 1.165) is 31.2 Å². The second kappa shape index (κ2) is 4.90. The van der Waals surface area contributed by atoms with Gasteiger partial charge in [0.25, 0.3) is 10.1 Å². The van der Waals surface area contributed by atoms with Crippen molar-refractivity contribution in [3.05, 3.63) is 23.3 Å². The molecule has 1 saturated carbocycles. The molecule has 1 aliphatic rings. The van der Waals surface area contributed by atoms with E-state index in [9.17, 15) is 13.0 Å². The Morgan fingerprint density at radius 3 is 2.39 bits per heavy atom. The lowest BCUT2D eigenvalue weighted by molar-refractivity contribution is 0.435. The van der Waals surface area contributed by atoms with Crippen LogP contribution in [0.25, 0.3) is 0 Å². The molecule has 2 rings (SSSR count). The highest BCUT2D eigenvalue weighted by atomic mass is 32.2. The van der Waals surface area contributed by atoms with Crippen LogP contribution in [0.1, 0.15) is 49.1 Å². The Balaban J connectivity index is 2.58. The van der Waals surface area contributed by atoms with Crippen LogP contribution in [0.3, 0.4) is 0 Å². The van der Waals surface area contributed by atoms with Gasteiger partial charge in [-0.15, -0.1) is 0 Å². The fraction of sp³-hybridized carbons (Fsp3) is 0.538. The molecule has 0 unspecified atom stereocenters. The van der Waals surface area contributed by atoms with Crippen molar-refractivity contribution in [2.24, 2.45) is 0 Å². The molecule has 0 radical (unpaired) electrons. The number of rotatable bonds is 2. The van der Waals surface area contributed by atoms with Gasteiger partial charge in [0.1, 0.15) is 0 Å². The van der Waals surface area contributed by atoms with Crippen LogP contribution in [-0.2, 0) is 10.1 Å². The van der Waals surface area contributed by atoms with E-state index in [0.29, 0.717) is 11.3 Å². The SMILES string of the molecule is Cc1ccc(S(=O)(=O)O)c(C2CCCCC2)c1N. The molecule has 0 aliphatic heterocycles. The maximum Gasteiger partial charge on any atom is 0.294 e. The Morgan fingerprint density at radius 1 is 1.22 bits per heavy atom. The topological polar surface area (TPSA) is 80.4 Å². The number of nitrogens with two attached hydrogens (primary N) is 1. The molecule has 0 atom stereocenters. The van der Waals surface area contributed by atoms with Crippen LogP contribution in [0.5, 0.6) is 0 Å². The van der Waals surface area contributed by atoms with Crippen LogP contribution in [-0.4, -0.2) is 13.0 Å². The van der Waals surface area contributed by atoms with Crippen LogP contribution in [0.4, 0.5) is 5.69 Å². The zero-order chi connectivity index (χ0) is 13.3. The van der Waals surface area contributed by atoms with Gasteiger partial charge in [-0.3, -0.25) is 4.55 Å². The second-order valence-corrected chi connectivity index (χ2v) is 6.41. The van der Waals surface area contributed by atoms with Gasteiger partial charge in [0, 0.05) is 5.69 Å². The first-order chi connectivity index (χ1) is 8.41. The van der Waals surface area contributed by atoms with Crippen molar-refractivity contribution in [3.63, 3.8) is 0 Å². The summed E-state index contributed by atoms with van der Waals surface area (Å²) >= 11 is 0. The van der Waals surface area contributed by atoms with Gasteiger partial charge in [0.15, 0.2) is 0 Å².